The fraction of sp³-hybridized carbons (Fsp3) is 0.438. The minimum absolute atomic E-state index is 0.0663. The summed E-state index contributed by atoms with van der Waals surface area (Å²) in [6.07, 6.45) is 0. The van der Waals surface area contributed by atoms with Crippen molar-refractivity contribution in [3.63, 3.8) is 0 Å². The minimum Gasteiger partial charge on any atom is -0.468 e. The third-order valence-electron chi connectivity index (χ3n) is 4.15. The minimum atomic E-state index is -1.78. The van der Waals surface area contributed by atoms with Gasteiger partial charge in [-0.3, -0.25) is 14.4 Å². The van der Waals surface area contributed by atoms with Crippen LogP contribution in [0.2, 0.25) is 0 Å². The van der Waals surface area contributed by atoms with Gasteiger partial charge in [0.15, 0.2) is 5.41 Å². The zero-order chi connectivity index (χ0) is 21.3. The molecule has 28 heavy (non-hydrogen) atoms. The first-order valence-corrected chi connectivity index (χ1v) is 7.92. The number of benzene rings is 1. The van der Waals surface area contributed by atoms with E-state index in [2.05, 4.69) is 34.8 Å². The largest absolute Gasteiger partial charge is 0.468 e. The molecule has 1 N–H and O–H groups in total. The van der Waals surface area contributed by atoms with Crippen LogP contribution in [-0.4, -0.2) is 38.1 Å². The van der Waals surface area contributed by atoms with E-state index in [-0.39, 0.29) is 17.8 Å². The van der Waals surface area contributed by atoms with E-state index in [4.69, 9.17) is 11.1 Å². The maximum Gasteiger partial charge on any atom is 0.325 e. The van der Waals surface area contributed by atoms with E-state index in [1.165, 1.54) is 32.0 Å². The van der Waals surface area contributed by atoms with Crippen LogP contribution in [0.5, 0.6) is 0 Å². The van der Waals surface area contributed by atoms with Crippen molar-refractivity contribution in [1.29, 1.82) is 0 Å². The van der Waals surface area contributed by atoms with Crippen molar-refractivity contribution in [2.24, 2.45) is 15.6 Å². The van der Waals surface area contributed by atoms with E-state index in [1.54, 1.807) is 0 Å². The zero-order valence-corrected chi connectivity index (χ0v) is 15.7. The molecule has 0 aliphatic rings. The molecule has 1 unspecified atom stereocenters. The van der Waals surface area contributed by atoms with Gasteiger partial charge < -0.3 is 14.8 Å². The molecule has 12 heteroatoms. The molecule has 1 atom stereocenters. The third kappa shape index (κ3) is 4.91. The molecule has 1 amide bonds. The fourth-order valence-corrected chi connectivity index (χ4v) is 2.40. The van der Waals surface area contributed by atoms with Gasteiger partial charge in [0.25, 0.3) is 5.91 Å². The summed E-state index contributed by atoms with van der Waals surface area (Å²) in [5.74, 6) is -2.40. The molecule has 0 bridgehead atoms. The summed E-state index contributed by atoms with van der Waals surface area (Å²) in [5.41, 5.74) is 15.9. The lowest BCUT2D eigenvalue weighted by Gasteiger charge is -2.30. The molecule has 1 aromatic rings. The molecule has 0 heterocycles. The van der Waals surface area contributed by atoms with Crippen molar-refractivity contribution >= 4 is 23.5 Å². The molecule has 0 radical (unpaired) electrons. The van der Waals surface area contributed by atoms with Gasteiger partial charge in [0.05, 0.1) is 26.8 Å². The number of esters is 2. The maximum absolute atomic E-state index is 12.7. The molecule has 0 aliphatic heterocycles. The van der Waals surface area contributed by atoms with Gasteiger partial charge in [-0.25, -0.2) is 0 Å². The second kappa shape index (κ2) is 9.81. The Kier molecular flexibility index (Phi) is 7.81. The van der Waals surface area contributed by atoms with Crippen LogP contribution in [0.25, 0.3) is 20.9 Å². The SMILES string of the molecule is COC(=O)C(C)(C(=O)OC)C(C)NC(=O)c1cc(CN=[N+]=[N-])cc(N=[N+]=[N-])c1. The standard InChI is InChI=1S/C16H19N7O5/c1-9(16(2,14(25)27-3)15(26)28-4)20-13(24)11-5-10(8-19-22-17)6-12(7-11)21-23-18/h5-7,9H,8H2,1-4H3,(H,20,24). The number of nitrogens with zero attached hydrogens (tertiary/aromatic N) is 6. The van der Waals surface area contributed by atoms with Crippen LogP contribution >= 0.6 is 0 Å². The average molecular weight is 389 g/mol. The Morgan fingerprint density at radius 3 is 2.25 bits per heavy atom. The van der Waals surface area contributed by atoms with E-state index in [0.717, 1.165) is 14.2 Å². The van der Waals surface area contributed by atoms with Crippen molar-refractivity contribution in [1.82, 2.24) is 5.32 Å². The number of ether oxygens (including phenoxy) is 2. The number of carbonyl (C=O) groups excluding carboxylic acids is 3. The topological polar surface area (TPSA) is 179 Å². The third-order valence-corrected chi connectivity index (χ3v) is 4.15. The van der Waals surface area contributed by atoms with Crippen LogP contribution in [0.3, 0.4) is 0 Å². The van der Waals surface area contributed by atoms with E-state index in [1.807, 2.05) is 0 Å². The first-order chi connectivity index (χ1) is 13.2. The summed E-state index contributed by atoms with van der Waals surface area (Å²) in [5, 5.41) is 9.39. The molecule has 0 aromatic heterocycles. The number of methoxy groups -OCH3 is 2. The Morgan fingerprint density at radius 2 is 1.75 bits per heavy atom. The van der Waals surface area contributed by atoms with Crippen LogP contribution in [0.4, 0.5) is 5.69 Å². The van der Waals surface area contributed by atoms with Gasteiger partial charge in [0.1, 0.15) is 0 Å². The molecule has 0 saturated carbocycles. The molecule has 148 valence electrons. The summed E-state index contributed by atoms with van der Waals surface area (Å²) in [6.45, 7) is 2.67. The van der Waals surface area contributed by atoms with E-state index in [0.29, 0.717) is 5.56 Å². The summed E-state index contributed by atoms with van der Waals surface area (Å²) >= 11 is 0. The summed E-state index contributed by atoms with van der Waals surface area (Å²) < 4.78 is 9.34. The van der Waals surface area contributed by atoms with Gasteiger partial charge in [-0.05, 0) is 48.7 Å². The first kappa shape index (κ1) is 22.3. The maximum atomic E-state index is 12.7. The fourth-order valence-electron chi connectivity index (χ4n) is 2.40. The summed E-state index contributed by atoms with van der Waals surface area (Å²) in [7, 11) is 2.23. The highest BCUT2D eigenvalue weighted by atomic mass is 16.5. The highest BCUT2D eigenvalue weighted by Gasteiger charge is 2.49. The molecule has 12 nitrogen and oxygen atoms in total. The molecule has 1 rings (SSSR count). The van der Waals surface area contributed by atoms with Crippen LogP contribution in [0.1, 0.15) is 29.8 Å². The van der Waals surface area contributed by atoms with Gasteiger partial charge in [0.2, 0.25) is 0 Å². The molecular weight excluding hydrogens is 370 g/mol. The van der Waals surface area contributed by atoms with Gasteiger partial charge in [-0.15, -0.1) is 0 Å². The number of hydrogen-bond donors (Lipinski definition) is 1. The van der Waals surface area contributed by atoms with Gasteiger partial charge in [-0.2, -0.15) is 0 Å². The Bertz CT molecular complexity index is 856. The Morgan fingerprint density at radius 1 is 1.14 bits per heavy atom. The van der Waals surface area contributed by atoms with Crippen LogP contribution in [0.15, 0.2) is 28.4 Å². The van der Waals surface area contributed by atoms with Gasteiger partial charge >= 0.3 is 11.9 Å². The lowest BCUT2D eigenvalue weighted by atomic mass is 9.83. The quantitative estimate of drug-likeness (QED) is 0.235. The molecule has 1 aromatic carbocycles. The van der Waals surface area contributed by atoms with E-state index >= 15 is 0 Å². The lowest BCUT2D eigenvalue weighted by Crippen LogP contribution is -2.54. The first-order valence-electron chi connectivity index (χ1n) is 7.92. The second-order valence-electron chi connectivity index (χ2n) is 5.85. The number of hydrogen-bond acceptors (Lipinski definition) is 7. The van der Waals surface area contributed by atoms with Gasteiger partial charge in [0, 0.05) is 21.1 Å². The van der Waals surface area contributed by atoms with Crippen LogP contribution in [-0.2, 0) is 25.6 Å². The number of azide groups is 2. The molecular formula is C16H19N7O5. The van der Waals surface area contributed by atoms with Crippen LogP contribution in [0, 0.1) is 5.41 Å². The van der Waals surface area contributed by atoms with Gasteiger partial charge in [-0.1, -0.05) is 10.2 Å². The molecule has 0 fully saturated rings. The number of amides is 1. The zero-order valence-electron chi connectivity index (χ0n) is 15.7. The Labute approximate surface area is 160 Å². The van der Waals surface area contributed by atoms with Crippen LogP contribution < -0.4 is 5.32 Å². The molecule has 0 spiro atoms. The number of carbonyl (C=O) groups is 3. The summed E-state index contributed by atoms with van der Waals surface area (Å²) in [4.78, 5) is 42.2. The average Bonchev–Trinajstić information content (AvgIpc) is 2.70. The summed E-state index contributed by atoms with van der Waals surface area (Å²) in [6, 6.07) is 3.21. The highest BCUT2D eigenvalue weighted by Crippen LogP contribution is 2.26. The number of nitrogens with one attached hydrogen (secondary N) is 1. The lowest BCUT2D eigenvalue weighted by molar-refractivity contribution is -0.169. The smallest absolute Gasteiger partial charge is 0.325 e. The van der Waals surface area contributed by atoms with Crippen molar-refractivity contribution in [3.05, 3.63) is 50.2 Å². The Hall–Kier alpha value is -3.75. The van der Waals surface area contributed by atoms with Crippen molar-refractivity contribution in [2.45, 2.75) is 26.4 Å². The van der Waals surface area contributed by atoms with E-state index < -0.39 is 29.3 Å². The Balaban J connectivity index is 3.24. The number of rotatable bonds is 8. The van der Waals surface area contributed by atoms with Crippen molar-refractivity contribution < 1.29 is 23.9 Å². The highest BCUT2D eigenvalue weighted by molar-refractivity contribution is 6.02. The normalized spacial score (nSPS) is 11.3. The van der Waals surface area contributed by atoms with Crippen molar-refractivity contribution in [3.8, 4) is 0 Å². The second-order valence-corrected chi connectivity index (χ2v) is 5.85. The predicted octanol–water partition coefficient (Wildman–Crippen LogP) is 2.91. The predicted molar refractivity (Wildman–Crippen MR) is 97.2 cm³/mol. The molecule has 0 aliphatic carbocycles. The molecule has 0 saturated heterocycles. The van der Waals surface area contributed by atoms with E-state index in [9.17, 15) is 14.4 Å². The monoisotopic (exact) mass is 389 g/mol. The van der Waals surface area contributed by atoms with Crippen molar-refractivity contribution in [2.75, 3.05) is 14.2 Å².